The number of fused-ring (bicyclic) bond motifs is 1. The van der Waals surface area contributed by atoms with Crippen LogP contribution in [0.1, 0.15) is 27.0 Å². The molecule has 0 unspecified atom stereocenters. The topological polar surface area (TPSA) is 66.8 Å². The third-order valence-corrected chi connectivity index (χ3v) is 5.78. The van der Waals surface area contributed by atoms with Crippen molar-refractivity contribution >= 4 is 34.4 Å². The number of ether oxygens (including phenoxy) is 3. The molecule has 1 aromatic heterocycles. The minimum atomic E-state index is -0.421. The number of carbonyl (C=O) groups is 2. The maximum Gasteiger partial charge on any atom is 0.343 e. The number of aromatic nitrogens is 1. The third kappa shape index (κ3) is 5.41. The second-order valence-corrected chi connectivity index (χ2v) is 8.26. The van der Waals surface area contributed by atoms with Gasteiger partial charge in [-0.05, 0) is 71.0 Å². The summed E-state index contributed by atoms with van der Waals surface area (Å²) in [6.07, 6.45) is 2.63. The zero-order valence-corrected chi connectivity index (χ0v) is 19.7. The molecule has 0 saturated carbocycles. The summed E-state index contributed by atoms with van der Waals surface area (Å²) in [7, 11) is 2.70. The molecule has 0 amide bonds. The molecular formula is C27H24ClNO5. The average molecular weight is 478 g/mol. The van der Waals surface area contributed by atoms with E-state index < -0.39 is 11.9 Å². The van der Waals surface area contributed by atoms with Crippen LogP contribution in [0, 0.1) is 0 Å². The van der Waals surface area contributed by atoms with Gasteiger partial charge in [-0.15, -0.1) is 0 Å². The molecule has 4 aromatic rings. The summed E-state index contributed by atoms with van der Waals surface area (Å²) in [5.41, 5.74) is 4.55. The van der Waals surface area contributed by atoms with Gasteiger partial charge in [0.25, 0.3) is 0 Å². The van der Waals surface area contributed by atoms with Crippen molar-refractivity contribution in [3.63, 3.8) is 0 Å². The SMILES string of the molecule is COC(=O)COc1cccc(Cn2ccc3cc(Cc4ccc(Cl)cc4C(=O)OC)ccc32)c1. The third-order valence-electron chi connectivity index (χ3n) is 5.54. The molecule has 4 rings (SSSR count). The molecule has 3 aromatic carbocycles. The van der Waals surface area contributed by atoms with Crippen LogP contribution in [0.3, 0.4) is 0 Å². The van der Waals surface area contributed by atoms with Gasteiger partial charge in [0.05, 0.1) is 19.8 Å². The van der Waals surface area contributed by atoms with Gasteiger partial charge in [-0.25, -0.2) is 9.59 Å². The molecule has 6 nitrogen and oxygen atoms in total. The molecule has 0 atom stereocenters. The summed E-state index contributed by atoms with van der Waals surface area (Å²) < 4.78 is 17.2. The van der Waals surface area contributed by atoms with E-state index in [4.69, 9.17) is 21.1 Å². The number of carbonyl (C=O) groups excluding carboxylic acids is 2. The summed E-state index contributed by atoms with van der Waals surface area (Å²) in [6.45, 7) is 0.530. The average Bonchev–Trinajstić information content (AvgIpc) is 3.25. The Kier molecular flexibility index (Phi) is 7.18. The van der Waals surface area contributed by atoms with E-state index in [0.29, 0.717) is 29.3 Å². The van der Waals surface area contributed by atoms with E-state index in [1.54, 1.807) is 12.1 Å². The minimum Gasteiger partial charge on any atom is -0.482 e. The van der Waals surface area contributed by atoms with Gasteiger partial charge in [-0.3, -0.25) is 0 Å². The van der Waals surface area contributed by atoms with Crippen molar-refractivity contribution in [2.24, 2.45) is 0 Å². The van der Waals surface area contributed by atoms with Crippen LogP contribution < -0.4 is 4.74 Å². The largest absolute Gasteiger partial charge is 0.482 e. The second kappa shape index (κ2) is 10.4. The Bertz CT molecular complexity index is 1340. The molecule has 0 spiro atoms. The van der Waals surface area contributed by atoms with Crippen molar-refractivity contribution in [3.8, 4) is 5.75 Å². The van der Waals surface area contributed by atoms with Crippen LogP contribution in [0.2, 0.25) is 5.02 Å². The minimum absolute atomic E-state index is 0.125. The van der Waals surface area contributed by atoms with Gasteiger partial charge in [-0.2, -0.15) is 0 Å². The Morgan fingerprint density at radius 1 is 0.912 bits per heavy atom. The van der Waals surface area contributed by atoms with Crippen molar-refractivity contribution in [2.45, 2.75) is 13.0 Å². The van der Waals surface area contributed by atoms with Gasteiger partial charge < -0.3 is 18.8 Å². The van der Waals surface area contributed by atoms with E-state index in [1.165, 1.54) is 14.2 Å². The second-order valence-electron chi connectivity index (χ2n) is 7.82. The zero-order chi connectivity index (χ0) is 24.1. The smallest absolute Gasteiger partial charge is 0.343 e. The van der Waals surface area contributed by atoms with Crippen LogP contribution in [-0.2, 0) is 27.2 Å². The van der Waals surface area contributed by atoms with Crippen molar-refractivity contribution in [1.29, 1.82) is 0 Å². The fraction of sp³-hybridized carbons (Fsp3) is 0.185. The molecule has 0 saturated heterocycles. The predicted octanol–water partition coefficient (Wildman–Crippen LogP) is 5.27. The monoisotopic (exact) mass is 477 g/mol. The van der Waals surface area contributed by atoms with Crippen molar-refractivity contribution in [3.05, 3.63) is 100 Å². The summed E-state index contributed by atoms with van der Waals surface area (Å²) >= 11 is 6.08. The van der Waals surface area contributed by atoms with Crippen LogP contribution in [-0.4, -0.2) is 37.3 Å². The number of nitrogens with zero attached hydrogens (tertiary/aromatic N) is 1. The highest BCUT2D eigenvalue weighted by molar-refractivity contribution is 6.31. The van der Waals surface area contributed by atoms with E-state index >= 15 is 0 Å². The lowest BCUT2D eigenvalue weighted by Crippen LogP contribution is -2.12. The van der Waals surface area contributed by atoms with Gasteiger partial charge in [0.1, 0.15) is 5.75 Å². The Morgan fingerprint density at radius 2 is 1.76 bits per heavy atom. The molecule has 7 heteroatoms. The van der Waals surface area contributed by atoms with E-state index in [1.807, 2.05) is 36.5 Å². The highest BCUT2D eigenvalue weighted by atomic mass is 35.5. The van der Waals surface area contributed by atoms with Crippen LogP contribution in [0.15, 0.2) is 72.9 Å². The lowest BCUT2D eigenvalue weighted by Gasteiger charge is -2.11. The normalized spacial score (nSPS) is 10.8. The Hall–Kier alpha value is -3.77. The molecule has 0 fully saturated rings. The van der Waals surface area contributed by atoms with E-state index in [0.717, 1.165) is 27.6 Å². The summed E-state index contributed by atoms with van der Waals surface area (Å²) in [5.74, 6) is -0.205. The Balaban J connectivity index is 1.53. The molecule has 174 valence electrons. The van der Waals surface area contributed by atoms with Gasteiger partial charge in [0.15, 0.2) is 6.61 Å². The fourth-order valence-corrected chi connectivity index (χ4v) is 4.02. The predicted molar refractivity (Wildman–Crippen MR) is 131 cm³/mol. The van der Waals surface area contributed by atoms with Crippen molar-refractivity contribution < 1.29 is 23.8 Å². The first-order valence-electron chi connectivity index (χ1n) is 10.7. The highest BCUT2D eigenvalue weighted by Crippen LogP contribution is 2.24. The number of hydrogen-bond acceptors (Lipinski definition) is 5. The van der Waals surface area contributed by atoms with Crippen LogP contribution in [0.4, 0.5) is 0 Å². The number of esters is 2. The highest BCUT2D eigenvalue weighted by Gasteiger charge is 2.14. The molecule has 0 aliphatic heterocycles. The molecule has 0 radical (unpaired) electrons. The lowest BCUT2D eigenvalue weighted by atomic mass is 9.99. The molecule has 0 aliphatic rings. The first kappa shape index (κ1) is 23.4. The molecule has 34 heavy (non-hydrogen) atoms. The number of hydrogen-bond donors (Lipinski definition) is 0. The summed E-state index contributed by atoms with van der Waals surface area (Å²) in [4.78, 5) is 23.5. The standard InChI is InChI=1S/C27H24ClNO5/c1-32-26(30)17-34-23-5-3-4-19(14-23)16-29-11-10-21-13-18(6-9-25(21)29)12-20-7-8-22(28)15-24(20)27(31)33-2/h3-11,13-15H,12,16-17H2,1-2H3. The van der Waals surface area contributed by atoms with Gasteiger partial charge >= 0.3 is 11.9 Å². The molecular weight excluding hydrogens is 454 g/mol. The zero-order valence-electron chi connectivity index (χ0n) is 18.9. The van der Waals surface area contributed by atoms with E-state index in [9.17, 15) is 9.59 Å². The van der Waals surface area contributed by atoms with E-state index in [2.05, 4.69) is 33.6 Å². The van der Waals surface area contributed by atoms with Gasteiger partial charge in [0.2, 0.25) is 0 Å². The van der Waals surface area contributed by atoms with Crippen molar-refractivity contribution in [1.82, 2.24) is 4.57 Å². The first-order chi connectivity index (χ1) is 16.5. The summed E-state index contributed by atoms with van der Waals surface area (Å²) in [6, 6.07) is 21.2. The quantitative estimate of drug-likeness (QED) is 0.323. The molecule has 0 bridgehead atoms. The number of benzene rings is 3. The lowest BCUT2D eigenvalue weighted by molar-refractivity contribution is -0.142. The molecule has 0 N–H and O–H groups in total. The first-order valence-corrected chi connectivity index (χ1v) is 11.1. The Labute approximate surface area is 202 Å². The van der Waals surface area contributed by atoms with E-state index in [-0.39, 0.29) is 6.61 Å². The molecule has 1 heterocycles. The number of halogens is 1. The molecule has 0 aliphatic carbocycles. The Morgan fingerprint density at radius 3 is 2.56 bits per heavy atom. The van der Waals surface area contributed by atoms with Gasteiger partial charge in [-0.1, -0.05) is 35.9 Å². The summed E-state index contributed by atoms with van der Waals surface area (Å²) in [5, 5.41) is 1.60. The van der Waals surface area contributed by atoms with Crippen molar-refractivity contribution in [2.75, 3.05) is 20.8 Å². The maximum atomic E-state index is 12.2. The maximum absolute atomic E-state index is 12.2. The number of methoxy groups -OCH3 is 2. The number of rotatable bonds is 8. The van der Waals surface area contributed by atoms with Crippen LogP contribution >= 0.6 is 11.6 Å². The van der Waals surface area contributed by atoms with Crippen LogP contribution in [0.5, 0.6) is 5.75 Å². The van der Waals surface area contributed by atoms with Gasteiger partial charge in [0, 0.05) is 23.3 Å². The fourth-order valence-electron chi connectivity index (χ4n) is 3.85. The van der Waals surface area contributed by atoms with Crippen LogP contribution in [0.25, 0.3) is 10.9 Å².